The summed E-state index contributed by atoms with van der Waals surface area (Å²) >= 11 is 7.23. The second-order valence-corrected chi connectivity index (χ2v) is 7.75. The van der Waals surface area contributed by atoms with Gasteiger partial charge in [-0.25, -0.2) is 8.42 Å². The van der Waals surface area contributed by atoms with Gasteiger partial charge < -0.3 is 0 Å². The molecule has 0 aliphatic carbocycles. The van der Waals surface area contributed by atoms with Crippen LogP contribution >= 0.6 is 22.9 Å². The first kappa shape index (κ1) is 15.4. The lowest BCUT2D eigenvalue weighted by atomic mass is 10.2. The van der Waals surface area contributed by atoms with Crippen molar-refractivity contribution in [2.24, 2.45) is 0 Å². The maximum absolute atomic E-state index is 12.8. The summed E-state index contributed by atoms with van der Waals surface area (Å²) in [5, 5.41) is 1.83. The van der Waals surface area contributed by atoms with E-state index in [0.29, 0.717) is 15.5 Å². The van der Waals surface area contributed by atoms with Gasteiger partial charge in [0, 0.05) is 11.9 Å². The van der Waals surface area contributed by atoms with Crippen LogP contribution in [0.25, 0.3) is 0 Å². The van der Waals surface area contributed by atoms with E-state index >= 15 is 0 Å². The van der Waals surface area contributed by atoms with Crippen LogP contribution in [0, 0.1) is 13.8 Å². The topological polar surface area (TPSA) is 37.4 Å². The van der Waals surface area contributed by atoms with Crippen LogP contribution in [-0.4, -0.2) is 15.5 Å². The average molecular weight is 330 g/mol. The Labute approximate surface area is 128 Å². The second kappa shape index (κ2) is 5.76. The quantitative estimate of drug-likeness (QED) is 0.797. The molecule has 2 rings (SSSR count). The number of anilines is 1. The Morgan fingerprint density at radius 3 is 2.35 bits per heavy atom. The fourth-order valence-electron chi connectivity index (χ4n) is 1.96. The smallest absolute Gasteiger partial charge is 0.265 e. The molecule has 6 heteroatoms. The summed E-state index contributed by atoms with van der Waals surface area (Å²) in [6, 6.07) is 7.39. The monoisotopic (exact) mass is 329 g/mol. The molecule has 0 saturated carbocycles. The molecule has 0 spiro atoms. The van der Waals surface area contributed by atoms with E-state index in [-0.39, 0.29) is 5.88 Å². The van der Waals surface area contributed by atoms with Crippen LogP contribution in [0.5, 0.6) is 0 Å². The van der Waals surface area contributed by atoms with Crippen molar-refractivity contribution in [2.45, 2.75) is 24.6 Å². The van der Waals surface area contributed by atoms with E-state index in [9.17, 15) is 8.42 Å². The predicted octanol–water partition coefficient (Wildman–Crippen LogP) is 3.93. The molecule has 3 nitrogen and oxygen atoms in total. The van der Waals surface area contributed by atoms with Crippen LogP contribution in [0.2, 0.25) is 0 Å². The van der Waals surface area contributed by atoms with E-state index in [1.807, 2.05) is 24.4 Å². The lowest BCUT2D eigenvalue weighted by molar-refractivity contribution is 0.593. The van der Waals surface area contributed by atoms with E-state index in [1.165, 1.54) is 15.6 Å². The van der Waals surface area contributed by atoms with Gasteiger partial charge in [0.2, 0.25) is 0 Å². The van der Waals surface area contributed by atoms with Gasteiger partial charge in [0.1, 0.15) is 4.90 Å². The van der Waals surface area contributed by atoms with Crippen molar-refractivity contribution >= 4 is 38.6 Å². The van der Waals surface area contributed by atoms with Crippen LogP contribution in [-0.2, 0) is 15.9 Å². The molecule has 2 aromatic rings. The van der Waals surface area contributed by atoms with Gasteiger partial charge in [0.15, 0.2) is 0 Å². The Bertz CT molecular complexity index is 705. The number of benzene rings is 1. The molecule has 20 heavy (non-hydrogen) atoms. The summed E-state index contributed by atoms with van der Waals surface area (Å²) in [6.45, 7) is 3.76. The summed E-state index contributed by atoms with van der Waals surface area (Å²) < 4.78 is 26.8. The number of nitrogens with zero attached hydrogens (tertiary/aromatic N) is 1. The normalized spacial score (nSPS) is 11.6. The summed E-state index contributed by atoms with van der Waals surface area (Å²) in [5.41, 5.74) is 2.47. The summed E-state index contributed by atoms with van der Waals surface area (Å²) in [7, 11) is -2.01. The molecule has 0 atom stereocenters. The number of halogens is 1. The summed E-state index contributed by atoms with van der Waals surface area (Å²) in [4.78, 5) is 1.02. The number of rotatable bonds is 4. The third kappa shape index (κ3) is 2.71. The average Bonchev–Trinajstić information content (AvgIpc) is 2.80. The molecule has 0 aliphatic rings. The van der Waals surface area contributed by atoms with Gasteiger partial charge in [-0.15, -0.1) is 22.9 Å². The van der Waals surface area contributed by atoms with Crippen molar-refractivity contribution < 1.29 is 8.42 Å². The van der Waals surface area contributed by atoms with Gasteiger partial charge >= 0.3 is 0 Å². The second-order valence-electron chi connectivity index (χ2n) is 4.61. The molecule has 0 unspecified atom stereocenters. The van der Waals surface area contributed by atoms with Gasteiger partial charge in [-0.2, -0.15) is 0 Å². The van der Waals surface area contributed by atoms with E-state index in [0.717, 1.165) is 11.1 Å². The van der Waals surface area contributed by atoms with Gasteiger partial charge in [-0.1, -0.05) is 17.7 Å². The third-order valence-corrected chi connectivity index (χ3v) is 6.80. The van der Waals surface area contributed by atoms with Crippen molar-refractivity contribution in [2.75, 3.05) is 11.4 Å². The summed E-state index contributed by atoms with van der Waals surface area (Å²) in [5.74, 6) is 0.203. The molecule has 0 radical (unpaired) electrons. The number of thiophene rings is 1. The van der Waals surface area contributed by atoms with Gasteiger partial charge in [0.05, 0.1) is 11.6 Å². The molecule has 0 N–H and O–H groups in total. The maximum Gasteiger partial charge on any atom is 0.265 e. The minimum absolute atomic E-state index is 0.203. The first-order chi connectivity index (χ1) is 9.37. The van der Waals surface area contributed by atoms with Crippen LogP contribution < -0.4 is 4.31 Å². The molecular formula is C14H16ClNO2S2. The number of hydrogen-bond donors (Lipinski definition) is 0. The number of aryl methyl sites for hydroxylation is 2. The lowest BCUT2D eigenvalue weighted by Gasteiger charge is -2.20. The minimum Gasteiger partial charge on any atom is -0.269 e. The number of hydrogen-bond acceptors (Lipinski definition) is 3. The zero-order valence-electron chi connectivity index (χ0n) is 11.6. The highest BCUT2D eigenvalue weighted by atomic mass is 35.5. The molecule has 0 fully saturated rings. The van der Waals surface area contributed by atoms with Gasteiger partial charge in [0.25, 0.3) is 10.0 Å². The fourth-order valence-corrected chi connectivity index (χ4v) is 5.16. The minimum atomic E-state index is -3.58. The number of alkyl halides is 1. The van der Waals surface area contributed by atoms with Gasteiger partial charge in [-0.05, 0) is 36.9 Å². The van der Waals surface area contributed by atoms with E-state index < -0.39 is 10.0 Å². The first-order valence-electron chi connectivity index (χ1n) is 6.06. The predicted molar refractivity (Wildman–Crippen MR) is 85.4 cm³/mol. The van der Waals surface area contributed by atoms with Crippen molar-refractivity contribution in [1.29, 1.82) is 0 Å². The molecule has 0 saturated heterocycles. The molecule has 0 amide bonds. The highest BCUT2D eigenvalue weighted by Crippen LogP contribution is 2.32. The Morgan fingerprint density at radius 1 is 1.20 bits per heavy atom. The molecular weight excluding hydrogens is 314 g/mol. The largest absolute Gasteiger partial charge is 0.269 e. The van der Waals surface area contributed by atoms with Crippen LogP contribution in [0.3, 0.4) is 0 Å². The maximum atomic E-state index is 12.8. The van der Waals surface area contributed by atoms with Crippen molar-refractivity contribution in [3.63, 3.8) is 0 Å². The molecule has 1 aromatic heterocycles. The van der Waals surface area contributed by atoms with Crippen molar-refractivity contribution in [1.82, 2.24) is 0 Å². The highest BCUT2D eigenvalue weighted by molar-refractivity contribution is 7.93. The Hall–Kier alpha value is -1.04. The molecule has 108 valence electrons. The first-order valence-corrected chi connectivity index (χ1v) is 8.92. The zero-order chi connectivity index (χ0) is 14.9. The fraction of sp³-hybridized carbons (Fsp3) is 0.286. The highest BCUT2D eigenvalue weighted by Gasteiger charge is 2.27. The van der Waals surface area contributed by atoms with Crippen molar-refractivity contribution in [3.8, 4) is 0 Å². The van der Waals surface area contributed by atoms with E-state index in [1.54, 1.807) is 26.1 Å². The number of sulfonamides is 1. The molecule has 0 bridgehead atoms. The summed E-state index contributed by atoms with van der Waals surface area (Å²) in [6.07, 6.45) is 0. The molecule has 1 heterocycles. The SMILES string of the molecule is Cc1ccc(N(C)S(=O)(=O)c2c(C)csc2CCl)cc1. The van der Waals surface area contributed by atoms with Crippen LogP contribution in [0.4, 0.5) is 5.69 Å². The Balaban J connectivity index is 2.49. The van der Waals surface area contributed by atoms with Crippen molar-refractivity contribution in [3.05, 3.63) is 45.6 Å². The van der Waals surface area contributed by atoms with Gasteiger partial charge in [-0.3, -0.25) is 4.31 Å². The molecule has 0 aliphatic heterocycles. The van der Waals surface area contributed by atoms with Crippen LogP contribution in [0.15, 0.2) is 34.5 Å². The lowest BCUT2D eigenvalue weighted by Crippen LogP contribution is -2.27. The van der Waals surface area contributed by atoms with E-state index in [4.69, 9.17) is 11.6 Å². The Kier molecular flexibility index (Phi) is 4.42. The van der Waals surface area contributed by atoms with E-state index in [2.05, 4.69) is 0 Å². The van der Waals surface area contributed by atoms with Crippen LogP contribution in [0.1, 0.15) is 16.0 Å². The zero-order valence-corrected chi connectivity index (χ0v) is 13.9. The Morgan fingerprint density at radius 2 is 1.80 bits per heavy atom. The third-order valence-electron chi connectivity index (χ3n) is 3.13. The standard InChI is InChI=1S/C14H16ClNO2S2/c1-10-4-6-12(7-5-10)16(3)20(17,18)14-11(2)9-19-13(14)8-15/h4-7,9H,8H2,1-3H3. The molecule has 1 aromatic carbocycles.